The van der Waals surface area contributed by atoms with E-state index < -0.39 is 33.5 Å². The van der Waals surface area contributed by atoms with Crippen molar-refractivity contribution in [2.24, 2.45) is 0 Å². The van der Waals surface area contributed by atoms with Gasteiger partial charge < -0.3 is 10.1 Å². The number of amides is 2. The second-order valence-corrected chi connectivity index (χ2v) is 12.0. The summed E-state index contributed by atoms with van der Waals surface area (Å²) in [5, 5.41) is 2.78. The van der Waals surface area contributed by atoms with Crippen molar-refractivity contribution >= 4 is 27.5 Å². The van der Waals surface area contributed by atoms with Gasteiger partial charge in [-0.15, -0.1) is 0 Å². The molecule has 0 radical (unpaired) electrons. The second-order valence-electron chi connectivity index (χ2n) is 10.0. The maximum Gasteiger partial charge on any atom is 0.329 e. The van der Waals surface area contributed by atoms with Gasteiger partial charge in [-0.25, -0.2) is 18.0 Å². The normalized spacial score (nSPS) is 12.5. The molecular weight excluding hydrogens is 488 g/mol. The quantitative estimate of drug-likeness (QED) is 0.417. The lowest BCUT2D eigenvalue weighted by molar-refractivity contribution is -0.157. The summed E-state index contributed by atoms with van der Waals surface area (Å²) in [5.41, 5.74) is 2.34. The number of hydrogen-bond acceptors (Lipinski definition) is 5. The standard InChI is InChI=1S/C29H34N2O5S/c1-21-11-17-25(18-12-21)37(34,35)20-23-13-15-24(16-14-23)31(5)28(33)30-26(27(32)36-29(2,3)4)19-22-9-7-6-8-10-22/h6-18,26H,19-20H2,1-5H3,(H,30,33)/t26-/m1/s1. The van der Waals surface area contributed by atoms with Gasteiger partial charge in [-0.3, -0.25) is 4.90 Å². The number of rotatable bonds is 8. The van der Waals surface area contributed by atoms with Gasteiger partial charge in [-0.1, -0.05) is 60.2 Å². The number of benzene rings is 3. The number of aryl methyl sites for hydroxylation is 1. The van der Waals surface area contributed by atoms with Crippen LogP contribution in [0.1, 0.15) is 37.5 Å². The predicted octanol–water partition coefficient (Wildman–Crippen LogP) is 5.07. The molecule has 0 unspecified atom stereocenters. The molecule has 2 amide bonds. The Hall–Kier alpha value is -3.65. The summed E-state index contributed by atoms with van der Waals surface area (Å²) >= 11 is 0. The topological polar surface area (TPSA) is 92.8 Å². The molecule has 7 nitrogen and oxygen atoms in total. The Kier molecular flexibility index (Phi) is 8.76. The van der Waals surface area contributed by atoms with Crippen molar-refractivity contribution in [2.45, 2.75) is 56.4 Å². The lowest BCUT2D eigenvalue weighted by Gasteiger charge is -2.26. The number of anilines is 1. The van der Waals surface area contributed by atoms with Crippen LogP contribution < -0.4 is 10.2 Å². The molecule has 0 aromatic heterocycles. The first-order valence-corrected chi connectivity index (χ1v) is 13.7. The average molecular weight is 523 g/mol. The number of carbonyl (C=O) groups excluding carboxylic acids is 2. The summed E-state index contributed by atoms with van der Waals surface area (Å²) in [6.07, 6.45) is 0.283. The van der Waals surface area contributed by atoms with E-state index in [1.54, 1.807) is 76.3 Å². The molecule has 3 aromatic carbocycles. The number of ether oxygens (including phenoxy) is 1. The van der Waals surface area contributed by atoms with E-state index in [4.69, 9.17) is 4.74 Å². The Morgan fingerprint density at radius 2 is 1.49 bits per heavy atom. The van der Waals surface area contributed by atoms with Crippen molar-refractivity contribution in [1.82, 2.24) is 5.32 Å². The number of urea groups is 1. The number of esters is 1. The molecule has 0 aliphatic heterocycles. The average Bonchev–Trinajstić information content (AvgIpc) is 2.83. The van der Waals surface area contributed by atoms with E-state index in [9.17, 15) is 18.0 Å². The highest BCUT2D eigenvalue weighted by Gasteiger charge is 2.28. The minimum absolute atomic E-state index is 0.149. The molecule has 0 saturated carbocycles. The van der Waals surface area contributed by atoms with Crippen molar-refractivity contribution in [3.05, 3.63) is 95.6 Å². The molecular formula is C29H34N2O5S. The minimum Gasteiger partial charge on any atom is -0.458 e. The Morgan fingerprint density at radius 3 is 2.05 bits per heavy atom. The predicted molar refractivity (Wildman–Crippen MR) is 145 cm³/mol. The van der Waals surface area contributed by atoms with Crippen LogP contribution >= 0.6 is 0 Å². The van der Waals surface area contributed by atoms with Crippen LogP contribution in [-0.2, 0) is 31.5 Å². The van der Waals surface area contributed by atoms with Crippen molar-refractivity contribution in [1.29, 1.82) is 0 Å². The molecule has 0 bridgehead atoms. The van der Waals surface area contributed by atoms with E-state index in [-0.39, 0.29) is 17.1 Å². The number of sulfone groups is 1. The molecule has 0 saturated heterocycles. The van der Waals surface area contributed by atoms with Gasteiger partial charge in [0.05, 0.1) is 10.6 Å². The van der Waals surface area contributed by atoms with Gasteiger partial charge in [-0.05, 0) is 63.1 Å². The second kappa shape index (κ2) is 11.6. The van der Waals surface area contributed by atoms with Crippen LogP contribution in [0.4, 0.5) is 10.5 Å². The molecule has 196 valence electrons. The summed E-state index contributed by atoms with van der Waals surface area (Å²) in [4.78, 5) is 27.6. The molecule has 0 heterocycles. The molecule has 8 heteroatoms. The summed E-state index contributed by atoms with van der Waals surface area (Å²) < 4.78 is 31.0. The highest BCUT2D eigenvalue weighted by atomic mass is 32.2. The summed E-state index contributed by atoms with van der Waals surface area (Å²) in [6, 6.07) is 21.5. The summed E-state index contributed by atoms with van der Waals surface area (Å²) in [7, 11) is -1.91. The monoisotopic (exact) mass is 522 g/mol. The van der Waals surface area contributed by atoms with Gasteiger partial charge in [0.1, 0.15) is 11.6 Å². The van der Waals surface area contributed by atoms with E-state index in [1.165, 1.54) is 4.90 Å². The van der Waals surface area contributed by atoms with Crippen LogP contribution in [0.25, 0.3) is 0 Å². The molecule has 1 N–H and O–H groups in total. The number of nitrogens with zero attached hydrogens (tertiary/aromatic N) is 1. The minimum atomic E-state index is -3.49. The molecule has 0 fully saturated rings. The largest absolute Gasteiger partial charge is 0.458 e. The Balaban J connectivity index is 1.71. The third kappa shape index (κ3) is 8.18. The molecule has 0 aliphatic rings. The van der Waals surface area contributed by atoms with Gasteiger partial charge >= 0.3 is 12.0 Å². The van der Waals surface area contributed by atoms with Gasteiger partial charge in [0.15, 0.2) is 9.84 Å². The van der Waals surface area contributed by atoms with Crippen LogP contribution in [0.3, 0.4) is 0 Å². The van der Waals surface area contributed by atoms with Crippen molar-refractivity contribution in [3.63, 3.8) is 0 Å². The van der Waals surface area contributed by atoms with Crippen LogP contribution in [0, 0.1) is 6.92 Å². The van der Waals surface area contributed by atoms with Gasteiger partial charge in [-0.2, -0.15) is 0 Å². The Labute approximate surface area is 219 Å². The van der Waals surface area contributed by atoms with Crippen molar-refractivity contribution in [2.75, 3.05) is 11.9 Å². The maximum absolute atomic E-state index is 13.1. The fraction of sp³-hybridized carbons (Fsp3) is 0.310. The SMILES string of the molecule is Cc1ccc(S(=O)(=O)Cc2ccc(N(C)C(=O)N[C@H](Cc3ccccc3)C(=O)OC(C)(C)C)cc2)cc1. The summed E-state index contributed by atoms with van der Waals surface area (Å²) in [6.45, 7) is 7.23. The molecule has 1 atom stereocenters. The van der Waals surface area contributed by atoms with E-state index in [0.717, 1.165) is 11.1 Å². The van der Waals surface area contributed by atoms with Gasteiger partial charge in [0.2, 0.25) is 0 Å². The van der Waals surface area contributed by atoms with Gasteiger partial charge in [0, 0.05) is 19.2 Å². The maximum atomic E-state index is 13.1. The summed E-state index contributed by atoms with van der Waals surface area (Å²) in [5.74, 6) is -0.668. The highest BCUT2D eigenvalue weighted by molar-refractivity contribution is 7.90. The van der Waals surface area contributed by atoms with E-state index in [0.29, 0.717) is 11.3 Å². The van der Waals surface area contributed by atoms with Crippen LogP contribution in [0.15, 0.2) is 83.8 Å². The number of hydrogen-bond donors (Lipinski definition) is 1. The Morgan fingerprint density at radius 1 is 0.892 bits per heavy atom. The fourth-order valence-electron chi connectivity index (χ4n) is 3.64. The van der Waals surface area contributed by atoms with E-state index in [2.05, 4.69) is 5.32 Å². The molecule has 0 aliphatic carbocycles. The highest BCUT2D eigenvalue weighted by Crippen LogP contribution is 2.20. The van der Waals surface area contributed by atoms with Crippen LogP contribution in [0.2, 0.25) is 0 Å². The van der Waals surface area contributed by atoms with Crippen molar-refractivity contribution < 1.29 is 22.7 Å². The lowest BCUT2D eigenvalue weighted by atomic mass is 10.1. The Bertz CT molecular complexity index is 1310. The third-order valence-corrected chi connectivity index (χ3v) is 7.34. The lowest BCUT2D eigenvalue weighted by Crippen LogP contribution is -2.49. The first-order chi connectivity index (χ1) is 17.3. The first-order valence-electron chi connectivity index (χ1n) is 12.0. The zero-order chi connectivity index (χ0) is 27.2. The zero-order valence-corrected chi connectivity index (χ0v) is 22.7. The fourth-order valence-corrected chi connectivity index (χ4v) is 4.99. The smallest absolute Gasteiger partial charge is 0.329 e. The van der Waals surface area contributed by atoms with E-state index in [1.807, 2.05) is 37.3 Å². The number of carbonyl (C=O) groups is 2. The van der Waals surface area contributed by atoms with E-state index >= 15 is 0 Å². The third-order valence-electron chi connectivity index (χ3n) is 5.64. The van der Waals surface area contributed by atoms with Crippen LogP contribution in [0.5, 0.6) is 0 Å². The molecule has 0 spiro atoms. The zero-order valence-electron chi connectivity index (χ0n) is 21.9. The molecule has 37 heavy (non-hydrogen) atoms. The first kappa shape index (κ1) is 27.9. The van der Waals surface area contributed by atoms with Crippen LogP contribution in [-0.4, -0.2) is 39.1 Å². The number of nitrogens with one attached hydrogen (secondary N) is 1. The molecule has 3 aromatic rings. The van der Waals surface area contributed by atoms with Gasteiger partial charge in [0.25, 0.3) is 0 Å². The molecule has 3 rings (SSSR count). The van der Waals surface area contributed by atoms with Crippen molar-refractivity contribution in [3.8, 4) is 0 Å².